The molecule has 2 heterocycles. The van der Waals surface area contributed by atoms with E-state index < -0.39 is 4.92 Å². The number of aromatic nitrogens is 3. The van der Waals surface area contributed by atoms with Crippen LogP contribution in [-0.2, 0) is 6.54 Å². The molecule has 134 valence electrons. The van der Waals surface area contributed by atoms with E-state index >= 15 is 0 Å². The van der Waals surface area contributed by atoms with Crippen LogP contribution in [0.2, 0.25) is 0 Å². The first-order valence-corrected chi connectivity index (χ1v) is 7.96. The number of aryl methyl sites for hydroxylation is 1. The van der Waals surface area contributed by atoms with Crippen LogP contribution in [0, 0.1) is 24.0 Å². The fraction of sp³-hybridized carbons (Fsp3) is 0.235. The average Bonchev–Trinajstić information content (AvgIpc) is 3.21. The Kier molecular flexibility index (Phi) is 4.78. The van der Waals surface area contributed by atoms with Gasteiger partial charge in [0.15, 0.2) is 11.5 Å². The highest BCUT2D eigenvalue weighted by Crippen LogP contribution is 2.21. The first-order valence-electron chi connectivity index (χ1n) is 7.96. The summed E-state index contributed by atoms with van der Waals surface area (Å²) in [5, 5.41) is 21.6. The van der Waals surface area contributed by atoms with Crippen LogP contribution < -0.4 is 5.32 Å². The van der Waals surface area contributed by atoms with Gasteiger partial charge in [0.1, 0.15) is 11.4 Å². The molecule has 0 unspecified atom stereocenters. The molecule has 2 aromatic heterocycles. The molecule has 0 fully saturated rings. The fourth-order valence-corrected chi connectivity index (χ4v) is 2.66. The van der Waals surface area contributed by atoms with E-state index in [2.05, 4.69) is 15.6 Å². The van der Waals surface area contributed by atoms with Gasteiger partial charge in [-0.2, -0.15) is 5.10 Å². The van der Waals surface area contributed by atoms with Crippen LogP contribution in [0.1, 0.15) is 21.9 Å². The molecule has 9 heteroatoms. The Bertz CT molecular complexity index is 945. The summed E-state index contributed by atoms with van der Waals surface area (Å²) in [5.41, 5.74) is 1.80. The molecule has 1 amide bonds. The first-order chi connectivity index (χ1) is 12.5. The highest BCUT2D eigenvalue weighted by Gasteiger charge is 2.21. The number of rotatable bonds is 6. The van der Waals surface area contributed by atoms with E-state index in [1.165, 1.54) is 4.68 Å². The van der Waals surface area contributed by atoms with Crippen molar-refractivity contribution in [3.05, 3.63) is 63.6 Å². The number of carbonyl (C=O) groups excluding carboxylic acids is 1. The molecule has 0 spiro atoms. The zero-order valence-corrected chi connectivity index (χ0v) is 14.3. The van der Waals surface area contributed by atoms with Gasteiger partial charge in [-0.1, -0.05) is 35.5 Å². The molecule has 3 aromatic rings. The summed E-state index contributed by atoms with van der Waals surface area (Å²) in [6.07, 6.45) is 0. The summed E-state index contributed by atoms with van der Waals surface area (Å²) in [5.74, 6) is 0.122. The van der Waals surface area contributed by atoms with E-state index in [4.69, 9.17) is 4.52 Å². The molecule has 9 nitrogen and oxygen atoms in total. The molecular weight excluding hydrogens is 338 g/mol. The van der Waals surface area contributed by atoms with Gasteiger partial charge in [-0.15, -0.1) is 0 Å². The van der Waals surface area contributed by atoms with E-state index in [9.17, 15) is 14.9 Å². The van der Waals surface area contributed by atoms with Crippen LogP contribution >= 0.6 is 0 Å². The van der Waals surface area contributed by atoms with E-state index in [1.54, 1.807) is 19.9 Å². The number of hydrogen-bond donors (Lipinski definition) is 1. The lowest BCUT2D eigenvalue weighted by Crippen LogP contribution is -2.28. The Hall–Kier alpha value is -3.49. The molecule has 26 heavy (non-hydrogen) atoms. The molecule has 0 saturated carbocycles. The largest absolute Gasteiger partial charge is 0.355 e. The molecule has 1 aromatic carbocycles. The fourth-order valence-electron chi connectivity index (χ4n) is 2.66. The predicted octanol–water partition coefficient (Wildman–Crippen LogP) is 2.49. The third kappa shape index (κ3) is 3.46. The van der Waals surface area contributed by atoms with Gasteiger partial charge in [0, 0.05) is 18.2 Å². The molecule has 0 aliphatic heterocycles. The van der Waals surface area contributed by atoms with Gasteiger partial charge in [-0.05, 0) is 13.8 Å². The Balaban J connectivity index is 1.61. The Labute approximate surface area is 148 Å². The smallest absolute Gasteiger partial charge is 0.312 e. The third-order valence-electron chi connectivity index (χ3n) is 3.94. The highest BCUT2D eigenvalue weighted by atomic mass is 16.6. The third-order valence-corrected chi connectivity index (χ3v) is 3.94. The van der Waals surface area contributed by atoms with Crippen LogP contribution in [-0.4, -0.2) is 32.3 Å². The average molecular weight is 355 g/mol. The van der Waals surface area contributed by atoms with Crippen molar-refractivity contribution in [2.75, 3.05) is 6.54 Å². The molecule has 0 atom stereocenters. The van der Waals surface area contributed by atoms with Crippen molar-refractivity contribution in [2.24, 2.45) is 0 Å². The minimum atomic E-state index is -0.451. The molecule has 1 N–H and O–H groups in total. The number of carbonyl (C=O) groups is 1. The summed E-state index contributed by atoms with van der Waals surface area (Å²) >= 11 is 0. The summed E-state index contributed by atoms with van der Waals surface area (Å²) in [4.78, 5) is 22.7. The predicted molar refractivity (Wildman–Crippen MR) is 92.6 cm³/mol. The normalized spacial score (nSPS) is 10.7. The lowest BCUT2D eigenvalue weighted by Gasteiger charge is -2.04. The summed E-state index contributed by atoms with van der Waals surface area (Å²) in [7, 11) is 0. The summed E-state index contributed by atoms with van der Waals surface area (Å²) in [6.45, 7) is 3.78. The standard InChI is InChI=1S/C17H17N5O4/c1-11-16(22(24)25)12(2)21(19-11)9-8-18-17(23)14-10-15(26-20-14)13-6-4-3-5-7-13/h3-7,10H,8-9H2,1-2H3,(H,18,23). The Morgan fingerprint density at radius 2 is 2.04 bits per heavy atom. The number of benzene rings is 1. The van der Waals surface area contributed by atoms with Crippen molar-refractivity contribution in [1.29, 1.82) is 0 Å². The van der Waals surface area contributed by atoms with Crippen molar-refractivity contribution in [3.63, 3.8) is 0 Å². The van der Waals surface area contributed by atoms with E-state index in [-0.39, 0.29) is 23.8 Å². The lowest BCUT2D eigenvalue weighted by molar-refractivity contribution is -0.386. The van der Waals surface area contributed by atoms with E-state index in [1.807, 2.05) is 30.3 Å². The molecular formula is C17H17N5O4. The SMILES string of the molecule is Cc1nn(CCNC(=O)c2cc(-c3ccccc3)on2)c(C)c1[N+](=O)[O-]. The second kappa shape index (κ2) is 7.18. The zero-order chi connectivity index (χ0) is 18.7. The minimum Gasteiger partial charge on any atom is -0.355 e. The number of nitro groups is 1. The van der Waals surface area contributed by atoms with Crippen molar-refractivity contribution >= 4 is 11.6 Å². The van der Waals surface area contributed by atoms with Gasteiger partial charge >= 0.3 is 5.69 Å². The van der Waals surface area contributed by atoms with Crippen molar-refractivity contribution in [1.82, 2.24) is 20.3 Å². The van der Waals surface area contributed by atoms with Gasteiger partial charge in [-0.25, -0.2) is 0 Å². The van der Waals surface area contributed by atoms with Crippen LogP contribution in [0.5, 0.6) is 0 Å². The van der Waals surface area contributed by atoms with Crippen LogP contribution in [0.25, 0.3) is 11.3 Å². The summed E-state index contributed by atoms with van der Waals surface area (Å²) < 4.78 is 6.70. The van der Waals surface area contributed by atoms with Crippen molar-refractivity contribution < 1.29 is 14.2 Å². The van der Waals surface area contributed by atoms with Crippen LogP contribution in [0.15, 0.2) is 40.9 Å². The van der Waals surface area contributed by atoms with Crippen molar-refractivity contribution in [3.8, 4) is 11.3 Å². The summed E-state index contributed by atoms with van der Waals surface area (Å²) in [6, 6.07) is 10.9. The lowest BCUT2D eigenvalue weighted by atomic mass is 10.1. The topological polar surface area (TPSA) is 116 Å². The zero-order valence-electron chi connectivity index (χ0n) is 14.3. The van der Waals surface area contributed by atoms with Gasteiger partial charge in [-0.3, -0.25) is 19.6 Å². The first kappa shape index (κ1) is 17.3. The minimum absolute atomic E-state index is 0.000306. The maximum Gasteiger partial charge on any atom is 0.312 e. The number of hydrogen-bond acceptors (Lipinski definition) is 6. The molecule has 0 aliphatic carbocycles. The number of nitrogens with zero attached hydrogens (tertiary/aromatic N) is 4. The number of amides is 1. The highest BCUT2D eigenvalue weighted by molar-refractivity contribution is 5.93. The quantitative estimate of drug-likeness (QED) is 0.536. The van der Waals surface area contributed by atoms with Gasteiger partial charge in [0.05, 0.1) is 11.5 Å². The molecule has 0 bridgehead atoms. The van der Waals surface area contributed by atoms with Crippen molar-refractivity contribution in [2.45, 2.75) is 20.4 Å². The second-order valence-electron chi connectivity index (χ2n) is 5.70. The van der Waals surface area contributed by atoms with E-state index in [0.717, 1.165) is 5.56 Å². The Morgan fingerprint density at radius 3 is 2.69 bits per heavy atom. The molecule has 3 rings (SSSR count). The van der Waals surface area contributed by atoms with Gasteiger partial charge < -0.3 is 9.84 Å². The van der Waals surface area contributed by atoms with E-state index in [0.29, 0.717) is 23.7 Å². The second-order valence-corrected chi connectivity index (χ2v) is 5.70. The van der Waals surface area contributed by atoms with Crippen LogP contribution in [0.4, 0.5) is 5.69 Å². The van der Waals surface area contributed by atoms with Crippen LogP contribution in [0.3, 0.4) is 0 Å². The number of nitrogens with one attached hydrogen (secondary N) is 1. The molecule has 0 radical (unpaired) electrons. The monoisotopic (exact) mass is 355 g/mol. The molecule has 0 saturated heterocycles. The maximum atomic E-state index is 12.2. The van der Waals surface area contributed by atoms with Gasteiger partial charge in [0.25, 0.3) is 5.91 Å². The van der Waals surface area contributed by atoms with Gasteiger partial charge in [0.2, 0.25) is 0 Å². The Morgan fingerprint density at radius 1 is 1.31 bits per heavy atom. The maximum absolute atomic E-state index is 12.2. The molecule has 0 aliphatic rings.